The van der Waals surface area contributed by atoms with E-state index in [-0.39, 0.29) is 18.0 Å². The number of hydrogen-bond donors (Lipinski definition) is 2. The molecule has 176 valence electrons. The molecule has 12 nitrogen and oxygen atoms in total. The second kappa shape index (κ2) is 10.8. The highest BCUT2D eigenvalue weighted by molar-refractivity contribution is 5.77. The molecule has 1 aliphatic rings. The molecule has 0 radical (unpaired) electrons. The van der Waals surface area contributed by atoms with E-state index in [9.17, 15) is 24.3 Å². The van der Waals surface area contributed by atoms with Gasteiger partial charge in [0.25, 0.3) is 0 Å². The van der Waals surface area contributed by atoms with Crippen LogP contribution in [0.25, 0.3) is 0 Å². The fraction of sp³-hybridized carbons (Fsp3) is 0.500. The molecule has 3 N–H and O–H groups in total. The maximum atomic E-state index is 12.4. The van der Waals surface area contributed by atoms with Gasteiger partial charge in [0.05, 0.1) is 19.4 Å². The van der Waals surface area contributed by atoms with Gasteiger partial charge in [-0.3, -0.25) is 14.4 Å². The Morgan fingerprint density at radius 2 is 1.53 bits per heavy atom. The fourth-order valence-electron chi connectivity index (χ4n) is 3.10. The lowest BCUT2D eigenvalue weighted by molar-refractivity contribution is -0.282. The van der Waals surface area contributed by atoms with Gasteiger partial charge in [-0.2, -0.15) is 0 Å². The molecule has 32 heavy (non-hydrogen) atoms. The molecular weight excluding hydrogens is 430 g/mol. The van der Waals surface area contributed by atoms with Crippen molar-refractivity contribution in [1.29, 1.82) is 0 Å². The summed E-state index contributed by atoms with van der Waals surface area (Å²) in [5.74, 6) is -3.28. The summed E-state index contributed by atoms with van der Waals surface area (Å²) in [5, 5.41) is 9.24. The summed E-state index contributed by atoms with van der Waals surface area (Å²) in [6.07, 6.45) is -7.51. The third kappa shape index (κ3) is 6.08. The summed E-state index contributed by atoms with van der Waals surface area (Å²) in [6.45, 7) is 2.99. The standard InChI is InChI=1S/C20H25NO11/c1-9(23)28-15-16(29-10(2)24)18(30-11(3)25)20(32-17(15)19(26)27-4)31-14-6-5-12(8-22)7-13(14)21/h5-7,15-18,20,22H,8,21H2,1-4H3/t15?,16-,17-,18+,20+/m0/s1. The number of carbonyl (C=O) groups excluding carboxylic acids is 4. The Kier molecular flexibility index (Phi) is 8.38. The van der Waals surface area contributed by atoms with Crippen molar-refractivity contribution in [3.05, 3.63) is 23.8 Å². The van der Waals surface area contributed by atoms with Crippen molar-refractivity contribution >= 4 is 29.6 Å². The van der Waals surface area contributed by atoms with Gasteiger partial charge in [0.1, 0.15) is 5.75 Å². The largest absolute Gasteiger partial charge is 0.467 e. The second-order valence-electron chi connectivity index (χ2n) is 6.82. The van der Waals surface area contributed by atoms with Gasteiger partial charge in [0.2, 0.25) is 12.4 Å². The van der Waals surface area contributed by atoms with Crippen LogP contribution in [0.4, 0.5) is 5.69 Å². The van der Waals surface area contributed by atoms with Crippen LogP contribution in [-0.2, 0) is 49.5 Å². The highest BCUT2D eigenvalue weighted by atomic mass is 16.7. The lowest BCUT2D eigenvalue weighted by Crippen LogP contribution is -2.64. The van der Waals surface area contributed by atoms with E-state index in [4.69, 9.17) is 34.2 Å². The normalized spacial score (nSPS) is 24.7. The number of aliphatic hydroxyl groups is 1. The lowest BCUT2D eigenvalue weighted by Gasteiger charge is -2.43. The molecule has 1 saturated heterocycles. The van der Waals surface area contributed by atoms with Crippen LogP contribution in [0.5, 0.6) is 5.75 Å². The first kappa shape index (κ1) is 24.9. The third-order valence-electron chi connectivity index (χ3n) is 4.33. The number of methoxy groups -OCH3 is 1. The van der Waals surface area contributed by atoms with Crippen LogP contribution in [0.15, 0.2) is 18.2 Å². The van der Waals surface area contributed by atoms with E-state index in [0.29, 0.717) is 5.56 Å². The maximum absolute atomic E-state index is 12.4. The predicted octanol–water partition coefficient (Wildman–Crippen LogP) is -0.167. The van der Waals surface area contributed by atoms with Crippen LogP contribution in [0.1, 0.15) is 26.3 Å². The Morgan fingerprint density at radius 1 is 0.969 bits per heavy atom. The van der Waals surface area contributed by atoms with Crippen molar-refractivity contribution in [2.24, 2.45) is 0 Å². The van der Waals surface area contributed by atoms with Gasteiger partial charge in [-0.15, -0.1) is 0 Å². The Morgan fingerprint density at radius 3 is 2.03 bits per heavy atom. The first-order valence-electron chi connectivity index (χ1n) is 9.48. The predicted molar refractivity (Wildman–Crippen MR) is 105 cm³/mol. The first-order chi connectivity index (χ1) is 15.1. The van der Waals surface area contributed by atoms with E-state index in [1.54, 1.807) is 0 Å². The minimum atomic E-state index is -1.58. The molecule has 1 fully saturated rings. The van der Waals surface area contributed by atoms with E-state index in [2.05, 4.69) is 0 Å². The molecule has 1 aromatic carbocycles. The fourth-order valence-corrected chi connectivity index (χ4v) is 3.10. The molecule has 0 amide bonds. The number of carbonyl (C=O) groups is 4. The summed E-state index contributed by atoms with van der Waals surface area (Å²) in [4.78, 5) is 47.6. The number of esters is 4. The van der Waals surface area contributed by atoms with Crippen molar-refractivity contribution in [1.82, 2.24) is 0 Å². The molecule has 0 spiro atoms. The van der Waals surface area contributed by atoms with Crippen molar-refractivity contribution in [3.8, 4) is 5.75 Å². The third-order valence-corrected chi connectivity index (χ3v) is 4.33. The van der Waals surface area contributed by atoms with Crippen LogP contribution >= 0.6 is 0 Å². The number of ether oxygens (including phenoxy) is 6. The van der Waals surface area contributed by atoms with Crippen molar-refractivity contribution in [2.75, 3.05) is 12.8 Å². The van der Waals surface area contributed by atoms with Gasteiger partial charge in [-0.25, -0.2) is 4.79 Å². The van der Waals surface area contributed by atoms with Crippen molar-refractivity contribution in [2.45, 2.75) is 58.1 Å². The van der Waals surface area contributed by atoms with Crippen molar-refractivity contribution in [3.63, 3.8) is 0 Å². The lowest BCUT2D eigenvalue weighted by atomic mass is 9.97. The molecule has 0 aromatic heterocycles. The topological polar surface area (TPSA) is 170 Å². The number of benzene rings is 1. The average molecular weight is 455 g/mol. The SMILES string of the molecule is COC(=O)[C@H]1O[C@@H](Oc2ccc(CO)cc2N)[C@H](OC(C)=O)[C@@H](OC(C)=O)C1OC(C)=O. The molecule has 5 atom stereocenters. The minimum absolute atomic E-state index is 0.0699. The van der Waals surface area contributed by atoms with Gasteiger partial charge in [0.15, 0.2) is 18.3 Å². The summed E-state index contributed by atoms with van der Waals surface area (Å²) in [6, 6.07) is 4.40. The van der Waals surface area contributed by atoms with E-state index in [1.165, 1.54) is 18.2 Å². The van der Waals surface area contributed by atoms with Crippen LogP contribution in [0, 0.1) is 0 Å². The minimum Gasteiger partial charge on any atom is -0.467 e. The van der Waals surface area contributed by atoms with Crippen LogP contribution in [0.2, 0.25) is 0 Å². The number of anilines is 1. The number of nitrogen functional groups attached to an aromatic ring is 1. The van der Waals surface area contributed by atoms with Gasteiger partial charge in [-0.1, -0.05) is 6.07 Å². The van der Waals surface area contributed by atoms with Gasteiger partial charge in [0, 0.05) is 20.8 Å². The Labute approximate surface area is 183 Å². The van der Waals surface area contributed by atoms with Gasteiger partial charge in [-0.05, 0) is 17.7 Å². The Balaban J connectivity index is 2.51. The molecule has 0 aliphatic carbocycles. The average Bonchev–Trinajstić information content (AvgIpc) is 2.71. The smallest absolute Gasteiger partial charge is 0.339 e. The van der Waals surface area contributed by atoms with Crippen molar-refractivity contribution < 1.29 is 52.7 Å². The van der Waals surface area contributed by atoms with E-state index in [0.717, 1.165) is 27.9 Å². The highest BCUT2D eigenvalue weighted by Gasteiger charge is 2.55. The van der Waals surface area contributed by atoms with Crippen LogP contribution < -0.4 is 10.5 Å². The molecule has 1 unspecified atom stereocenters. The molecule has 12 heteroatoms. The monoisotopic (exact) mass is 455 g/mol. The zero-order chi connectivity index (χ0) is 24.0. The molecule has 1 aromatic rings. The summed E-state index contributed by atoms with van der Waals surface area (Å²) >= 11 is 0. The zero-order valence-electron chi connectivity index (χ0n) is 17.9. The molecular formula is C20H25NO11. The molecule has 2 rings (SSSR count). The highest BCUT2D eigenvalue weighted by Crippen LogP contribution is 2.33. The summed E-state index contributed by atoms with van der Waals surface area (Å²) in [5.41, 5.74) is 6.57. The van der Waals surface area contributed by atoms with E-state index in [1.807, 2.05) is 0 Å². The maximum Gasteiger partial charge on any atom is 0.339 e. The second-order valence-corrected chi connectivity index (χ2v) is 6.82. The summed E-state index contributed by atoms with van der Waals surface area (Å²) < 4.78 is 31.8. The number of hydrogen-bond acceptors (Lipinski definition) is 12. The van der Waals surface area contributed by atoms with E-state index < -0.39 is 54.6 Å². The summed E-state index contributed by atoms with van der Waals surface area (Å²) in [7, 11) is 1.08. The molecule has 1 aliphatic heterocycles. The van der Waals surface area contributed by atoms with E-state index >= 15 is 0 Å². The van der Waals surface area contributed by atoms with Gasteiger partial charge < -0.3 is 39.3 Å². The Hall–Kier alpha value is -3.38. The van der Waals surface area contributed by atoms with Crippen LogP contribution in [-0.4, -0.2) is 66.8 Å². The zero-order valence-corrected chi connectivity index (χ0v) is 17.9. The van der Waals surface area contributed by atoms with Crippen LogP contribution in [0.3, 0.4) is 0 Å². The van der Waals surface area contributed by atoms with Gasteiger partial charge >= 0.3 is 23.9 Å². The molecule has 0 saturated carbocycles. The number of aliphatic hydroxyl groups excluding tert-OH is 1. The molecule has 1 heterocycles. The Bertz CT molecular complexity index is 871. The first-order valence-corrected chi connectivity index (χ1v) is 9.48. The number of rotatable bonds is 7. The molecule has 0 bridgehead atoms. The quantitative estimate of drug-likeness (QED) is 0.317. The number of nitrogens with two attached hydrogens (primary N) is 1.